The van der Waals surface area contributed by atoms with Gasteiger partial charge in [0.05, 0.1) is 0 Å². The van der Waals surface area contributed by atoms with Crippen molar-refractivity contribution in [3.8, 4) is 0 Å². The highest BCUT2D eigenvalue weighted by molar-refractivity contribution is 5.23. The first kappa shape index (κ1) is 13.9. The summed E-state index contributed by atoms with van der Waals surface area (Å²) in [7, 11) is 2.12. The van der Waals surface area contributed by atoms with E-state index >= 15 is 0 Å². The summed E-state index contributed by atoms with van der Waals surface area (Å²) in [5.74, 6) is 0.561. The second kappa shape index (κ2) is 6.58. The highest BCUT2D eigenvalue weighted by Crippen LogP contribution is 2.25. The summed E-state index contributed by atoms with van der Waals surface area (Å²) >= 11 is 0. The first-order valence-electron chi connectivity index (χ1n) is 7.07. The molecule has 0 aliphatic heterocycles. The summed E-state index contributed by atoms with van der Waals surface area (Å²) in [5.41, 5.74) is 9.94. The molecule has 1 heterocycles. The highest BCUT2D eigenvalue weighted by atomic mass is 14.9. The zero-order valence-electron chi connectivity index (χ0n) is 12.0. The van der Waals surface area contributed by atoms with Crippen LogP contribution in [0.25, 0.3) is 0 Å². The maximum atomic E-state index is 5.77. The Morgan fingerprint density at radius 2 is 2.00 bits per heavy atom. The van der Waals surface area contributed by atoms with Gasteiger partial charge in [-0.15, -0.1) is 0 Å². The molecular formula is C17H24N2. The van der Waals surface area contributed by atoms with Crippen molar-refractivity contribution >= 4 is 0 Å². The third kappa shape index (κ3) is 3.71. The smallest absolute Gasteiger partial charge is 0.0203 e. The summed E-state index contributed by atoms with van der Waals surface area (Å²) < 4.78 is 2.22. The van der Waals surface area contributed by atoms with Crippen LogP contribution < -0.4 is 5.73 Å². The van der Waals surface area contributed by atoms with Gasteiger partial charge in [-0.3, -0.25) is 0 Å². The summed E-state index contributed by atoms with van der Waals surface area (Å²) in [6, 6.07) is 13.1. The average Bonchev–Trinajstić information content (AvgIpc) is 2.81. The zero-order valence-corrected chi connectivity index (χ0v) is 12.0. The fourth-order valence-corrected chi connectivity index (χ4v) is 2.75. The SMILES string of the molecule is Cc1cccc(CCC(CCN)c2cccn2C)c1. The molecule has 19 heavy (non-hydrogen) atoms. The fourth-order valence-electron chi connectivity index (χ4n) is 2.75. The van der Waals surface area contributed by atoms with Crippen molar-refractivity contribution in [2.24, 2.45) is 12.8 Å². The van der Waals surface area contributed by atoms with Crippen LogP contribution in [0.3, 0.4) is 0 Å². The largest absolute Gasteiger partial charge is 0.354 e. The van der Waals surface area contributed by atoms with E-state index in [0.717, 1.165) is 19.4 Å². The lowest BCUT2D eigenvalue weighted by Crippen LogP contribution is -2.11. The van der Waals surface area contributed by atoms with Gasteiger partial charge in [-0.1, -0.05) is 29.8 Å². The Kier molecular flexibility index (Phi) is 4.80. The molecule has 1 unspecified atom stereocenters. The molecule has 0 spiro atoms. The molecule has 2 heteroatoms. The molecule has 2 rings (SSSR count). The Morgan fingerprint density at radius 3 is 2.63 bits per heavy atom. The monoisotopic (exact) mass is 256 g/mol. The number of aromatic nitrogens is 1. The summed E-state index contributed by atoms with van der Waals surface area (Å²) in [4.78, 5) is 0. The number of nitrogens with two attached hydrogens (primary N) is 1. The van der Waals surface area contributed by atoms with Gasteiger partial charge in [0.2, 0.25) is 0 Å². The van der Waals surface area contributed by atoms with Crippen LogP contribution in [0, 0.1) is 6.92 Å². The lowest BCUT2D eigenvalue weighted by molar-refractivity contribution is 0.552. The molecule has 0 aliphatic rings. The normalized spacial score (nSPS) is 12.6. The molecule has 1 atom stereocenters. The van der Waals surface area contributed by atoms with Crippen LogP contribution in [0.2, 0.25) is 0 Å². The number of benzene rings is 1. The van der Waals surface area contributed by atoms with Crippen molar-refractivity contribution in [2.45, 2.75) is 32.1 Å². The van der Waals surface area contributed by atoms with E-state index in [1.807, 2.05) is 0 Å². The molecule has 2 N–H and O–H groups in total. The molecule has 0 aliphatic carbocycles. The van der Waals surface area contributed by atoms with Crippen molar-refractivity contribution in [2.75, 3.05) is 6.54 Å². The zero-order chi connectivity index (χ0) is 13.7. The minimum absolute atomic E-state index is 0.561. The van der Waals surface area contributed by atoms with Gasteiger partial charge >= 0.3 is 0 Å². The van der Waals surface area contributed by atoms with Gasteiger partial charge in [0.25, 0.3) is 0 Å². The summed E-state index contributed by atoms with van der Waals surface area (Å²) in [5, 5.41) is 0. The van der Waals surface area contributed by atoms with Gasteiger partial charge < -0.3 is 10.3 Å². The van der Waals surface area contributed by atoms with Crippen LogP contribution in [0.15, 0.2) is 42.6 Å². The molecular weight excluding hydrogens is 232 g/mol. The van der Waals surface area contributed by atoms with E-state index in [0.29, 0.717) is 5.92 Å². The molecule has 0 saturated carbocycles. The van der Waals surface area contributed by atoms with Crippen LogP contribution in [0.5, 0.6) is 0 Å². The quantitative estimate of drug-likeness (QED) is 0.843. The molecule has 2 nitrogen and oxygen atoms in total. The van der Waals surface area contributed by atoms with Gasteiger partial charge in [-0.2, -0.15) is 0 Å². The van der Waals surface area contributed by atoms with E-state index in [4.69, 9.17) is 5.73 Å². The van der Waals surface area contributed by atoms with E-state index in [-0.39, 0.29) is 0 Å². The summed E-state index contributed by atoms with van der Waals surface area (Å²) in [6.07, 6.45) is 5.46. The molecule has 1 aromatic heterocycles. The Balaban J connectivity index is 2.04. The Bertz CT molecular complexity index is 513. The van der Waals surface area contributed by atoms with E-state index in [1.165, 1.54) is 23.2 Å². The van der Waals surface area contributed by atoms with Crippen LogP contribution in [-0.4, -0.2) is 11.1 Å². The molecule has 1 aromatic carbocycles. The standard InChI is InChI=1S/C17H24N2/c1-14-5-3-6-15(13-14)8-9-16(10-11-18)17-7-4-12-19(17)2/h3-7,12-13,16H,8-11,18H2,1-2H3. The van der Waals surface area contributed by atoms with Crippen molar-refractivity contribution in [1.29, 1.82) is 0 Å². The molecule has 0 bridgehead atoms. The second-order valence-electron chi connectivity index (χ2n) is 5.35. The molecule has 0 amide bonds. The number of hydrogen-bond acceptors (Lipinski definition) is 1. The Hall–Kier alpha value is -1.54. The first-order chi connectivity index (χ1) is 9.20. The van der Waals surface area contributed by atoms with Gasteiger partial charge in [0.1, 0.15) is 0 Å². The Morgan fingerprint density at radius 1 is 1.16 bits per heavy atom. The molecule has 0 saturated heterocycles. The molecule has 0 radical (unpaired) electrons. The summed E-state index contributed by atoms with van der Waals surface area (Å²) in [6.45, 7) is 2.90. The van der Waals surface area contributed by atoms with Gasteiger partial charge in [-0.25, -0.2) is 0 Å². The highest BCUT2D eigenvalue weighted by Gasteiger charge is 2.13. The minimum atomic E-state index is 0.561. The van der Waals surface area contributed by atoms with Gasteiger partial charge in [0, 0.05) is 24.9 Å². The maximum absolute atomic E-state index is 5.77. The average molecular weight is 256 g/mol. The van der Waals surface area contributed by atoms with Gasteiger partial charge in [0.15, 0.2) is 0 Å². The number of nitrogens with zero attached hydrogens (tertiary/aromatic N) is 1. The molecule has 102 valence electrons. The van der Waals surface area contributed by atoms with E-state index in [9.17, 15) is 0 Å². The molecule has 0 fully saturated rings. The number of rotatable bonds is 6. The predicted molar refractivity (Wildman–Crippen MR) is 81.3 cm³/mol. The molecule has 2 aromatic rings. The van der Waals surface area contributed by atoms with E-state index in [2.05, 4.69) is 61.1 Å². The van der Waals surface area contributed by atoms with Crippen molar-refractivity contribution < 1.29 is 0 Å². The van der Waals surface area contributed by atoms with Gasteiger partial charge in [-0.05, 0) is 50.4 Å². The van der Waals surface area contributed by atoms with Crippen LogP contribution in [0.4, 0.5) is 0 Å². The topological polar surface area (TPSA) is 30.9 Å². The van der Waals surface area contributed by atoms with E-state index < -0.39 is 0 Å². The van der Waals surface area contributed by atoms with Crippen LogP contribution in [0.1, 0.15) is 35.6 Å². The first-order valence-corrected chi connectivity index (χ1v) is 7.07. The minimum Gasteiger partial charge on any atom is -0.354 e. The lowest BCUT2D eigenvalue weighted by atomic mass is 9.93. The number of aryl methyl sites for hydroxylation is 3. The third-order valence-corrected chi connectivity index (χ3v) is 3.78. The Labute approximate surface area is 116 Å². The number of hydrogen-bond donors (Lipinski definition) is 1. The van der Waals surface area contributed by atoms with Crippen molar-refractivity contribution in [3.05, 3.63) is 59.4 Å². The van der Waals surface area contributed by atoms with E-state index in [1.54, 1.807) is 0 Å². The fraction of sp³-hybridized carbons (Fsp3) is 0.412. The van der Waals surface area contributed by atoms with Crippen molar-refractivity contribution in [1.82, 2.24) is 4.57 Å². The van der Waals surface area contributed by atoms with Crippen molar-refractivity contribution in [3.63, 3.8) is 0 Å². The maximum Gasteiger partial charge on any atom is 0.0203 e. The predicted octanol–water partition coefficient (Wildman–Crippen LogP) is 3.40. The second-order valence-corrected chi connectivity index (χ2v) is 5.35. The van der Waals surface area contributed by atoms with Crippen LogP contribution >= 0.6 is 0 Å². The lowest BCUT2D eigenvalue weighted by Gasteiger charge is -2.17. The third-order valence-electron chi connectivity index (χ3n) is 3.78. The van der Waals surface area contributed by atoms with Crippen LogP contribution in [-0.2, 0) is 13.5 Å².